The third kappa shape index (κ3) is 4.69. The lowest BCUT2D eigenvalue weighted by atomic mass is 10.1. The number of amides is 2. The third-order valence-corrected chi connectivity index (χ3v) is 4.74. The van der Waals surface area contributed by atoms with Crippen LogP contribution in [0.3, 0.4) is 0 Å². The first-order chi connectivity index (χ1) is 15.1. The van der Waals surface area contributed by atoms with Gasteiger partial charge in [-0.15, -0.1) is 0 Å². The second kappa shape index (κ2) is 9.08. The molecule has 0 aliphatic heterocycles. The number of fused-ring (bicyclic) bond motifs is 1. The number of urea groups is 1. The summed E-state index contributed by atoms with van der Waals surface area (Å²) in [6.45, 7) is 0.449. The van der Waals surface area contributed by atoms with Crippen LogP contribution < -0.4 is 20.9 Å². The van der Waals surface area contributed by atoms with E-state index in [0.717, 1.165) is 5.56 Å². The number of anilines is 1. The predicted molar refractivity (Wildman–Crippen MR) is 118 cm³/mol. The van der Waals surface area contributed by atoms with E-state index in [2.05, 4.69) is 20.7 Å². The van der Waals surface area contributed by atoms with Gasteiger partial charge in [-0.1, -0.05) is 30.3 Å². The summed E-state index contributed by atoms with van der Waals surface area (Å²) < 4.78 is 6.57. The Bertz CT molecular complexity index is 1270. The monoisotopic (exact) mass is 415 g/mol. The molecule has 0 aliphatic rings. The number of methoxy groups -OCH3 is 1. The summed E-state index contributed by atoms with van der Waals surface area (Å²) in [6.07, 6.45) is 3.37. The van der Waals surface area contributed by atoms with Crippen molar-refractivity contribution < 1.29 is 9.53 Å². The van der Waals surface area contributed by atoms with Gasteiger partial charge in [-0.2, -0.15) is 5.10 Å². The van der Waals surface area contributed by atoms with E-state index >= 15 is 0 Å². The van der Waals surface area contributed by atoms with Crippen LogP contribution in [-0.2, 0) is 13.1 Å². The minimum atomic E-state index is -0.385. The quantitative estimate of drug-likeness (QED) is 0.504. The molecule has 2 aromatic carbocycles. The van der Waals surface area contributed by atoms with Gasteiger partial charge < -0.3 is 15.4 Å². The zero-order valence-electron chi connectivity index (χ0n) is 16.9. The summed E-state index contributed by atoms with van der Waals surface area (Å²) >= 11 is 0. The molecule has 0 fully saturated rings. The largest absolute Gasteiger partial charge is 0.497 e. The Labute approximate surface area is 178 Å². The number of carbonyl (C=O) groups is 1. The van der Waals surface area contributed by atoms with Crippen LogP contribution >= 0.6 is 0 Å². The Balaban J connectivity index is 1.57. The lowest BCUT2D eigenvalue weighted by Gasteiger charge is -2.12. The summed E-state index contributed by atoms with van der Waals surface area (Å²) in [5, 5.41) is 11.3. The van der Waals surface area contributed by atoms with Crippen LogP contribution in [0.2, 0.25) is 0 Å². The summed E-state index contributed by atoms with van der Waals surface area (Å²) in [5.74, 6) is 0.646. The van der Waals surface area contributed by atoms with Crippen LogP contribution in [0.25, 0.3) is 10.8 Å². The number of pyridine rings is 1. The standard InChI is InChI=1S/C23H21N5O3/c1-31-18-8-4-7-17(12-18)26-23(30)25-14-21-19-9-2-3-10-20(19)22(29)28(27-21)15-16-6-5-11-24-13-16/h2-13H,14-15H2,1H3,(H2,25,26,30). The number of hydrogen-bond donors (Lipinski definition) is 2. The van der Waals surface area contributed by atoms with E-state index in [1.54, 1.807) is 49.8 Å². The van der Waals surface area contributed by atoms with Gasteiger partial charge in [0.1, 0.15) is 5.75 Å². The van der Waals surface area contributed by atoms with Gasteiger partial charge in [0.25, 0.3) is 5.56 Å². The van der Waals surface area contributed by atoms with Crippen molar-refractivity contribution in [1.29, 1.82) is 0 Å². The minimum Gasteiger partial charge on any atom is -0.497 e. The molecule has 2 N–H and O–H groups in total. The van der Waals surface area contributed by atoms with Crippen LogP contribution in [0.5, 0.6) is 5.75 Å². The smallest absolute Gasteiger partial charge is 0.319 e. The predicted octanol–water partition coefficient (Wildman–Crippen LogP) is 3.17. The Morgan fingerprint density at radius 1 is 1.06 bits per heavy atom. The minimum absolute atomic E-state index is 0.156. The first kappa shape index (κ1) is 20.1. The molecule has 0 saturated carbocycles. The molecule has 4 aromatic rings. The summed E-state index contributed by atoms with van der Waals surface area (Å²) in [4.78, 5) is 29.4. The first-order valence-electron chi connectivity index (χ1n) is 9.70. The van der Waals surface area contributed by atoms with Crippen LogP contribution in [0.1, 0.15) is 11.3 Å². The number of rotatable bonds is 6. The highest BCUT2D eigenvalue weighted by atomic mass is 16.5. The number of nitrogens with one attached hydrogen (secondary N) is 2. The Morgan fingerprint density at radius 3 is 2.68 bits per heavy atom. The summed E-state index contributed by atoms with van der Waals surface area (Å²) in [5.41, 5.74) is 1.88. The fourth-order valence-corrected chi connectivity index (χ4v) is 3.25. The van der Waals surface area contributed by atoms with E-state index in [1.165, 1.54) is 4.68 Å². The highest BCUT2D eigenvalue weighted by molar-refractivity contribution is 5.90. The first-order valence-corrected chi connectivity index (χ1v) is 9.70. The van der Waals surface area contributed by atoms with E-state index in [-0.39, 0.29) is 18.1 Å². The van der Waals surface area contributed by atoms with E-state index in [4.69, 9.17) is 4.74 Å². The maximum atomic E-state index is 12.9. The Hall–Kier alpha value is -4.20. The lowest BCUT2D eigenvalue weighted by Crippen LogP contribution is -2.31. The summed E-state index contributed by atoms with van der Waals surface area (Å²) in [7, 11) is 1.57. The van der Waals surface area contributed by atoms with Crippen molar-refractivity contribution in [2.75, 3.05) is 12.4 Å². The number of benzene rings is 2. The van der Waals surface area contributed by atoms with Crippen molar-refractivity contribution in [2.45, 2.75) is 13.1 Å². The average Bonchev–Trinajstić information content (AvgIpc) is 2.81. The fourth-order valence-electron chi connectivity index (χ4n) is 3.25. The lowest BCUT2D eigenvalue weighted by molar-refractivity contribution is 0.251. The highest BCUT2D eigenvalue weighted by Gasteiger charge is 2.12. The number of aromatic nitrogens is 3. The molecule has 31 heavy (non-hydrogen) atoms. The van der Waals surface area contributed by atoms with Crippen molar-refractivity contribution >= 4 is 22.5 Å². The number of carbonyl (C=O) groups excluding carboxylic acids is 1. The van der Waals surface area contributed by atoms with Crippen LogP contribution in [0.15, 0.2) is 77.9 Å². The van der Waals surface area contributed by atoms with Gasteiger partial charge in [0.15, 0.2) is 0 Å². The zero-order valence-corrected chi connectivity index (χ0v) is 16.9. The molecule has 8 heteroatoms. The molecule has 2 heterocycles. The van der Waals surface area contributed by atoms with Crippen molar-refractivity contribution in [3.8, 4) is 5.75 Å². The van der Waals surface area contributed by atoms with Gasteiger partial charge in [-0.05, 0) is 29.8 Å². The number of ether oxygens (including phenoxy) is 1. The molecule has 0 saturated heterocycles. The molecule has 2 amide bonds. The van der Waals surface area contributed by atoms with E-state index in [0.29, 0.717) is 34.4 Å². The Morgan fingerprint density at radius 2 is 1.90 bits per heavy atom. The molecule has 0 bridgehead atoms. The van der Waals surface area contributed by atoms with Crippen LogP contribution in [0.4, 0.5) is 10.5 Å². The van der Waals surface area contributed by atoms with Crippen LogP contribution in [0, 0.1) is 0 Å². The second-order valence-electron chi connectivity index (χ2n) is 6.86. The number of hydrogen-bond acceptors (Lipinski definition) is 5. The SMILES string of the molecule is COc1cccc(NC(=O)NCc2nn(Cc3cccnc3)c(=O)c3ccccc23)c1. The van der Waals surface area contributed by atoms with Crippen LogP contribution in [-0.4, -0.2) is 27.9 Å². The molecule has 0 atom stereocenters. The molecule has 2 aromatic heterocycles. The molecule has 4 rings (SSSR count). The zero-order chi connectivity index (χ0) is 21.6. The van der Waals surface area contributed by atoms with Gasteiger partial charge in [0.2, 0.25) is 0 Å². The van der Waals surface area contributed by atoms with Crippen molar-refractivity contribution in [2.24, 2.45) is 0 Å². The molecule has 0 unspecified atom stereocenters. The molecule has 0 aliphatic carbocycles. The normalized spacial score (nSPS) is 10.6. The van der Waals surface area contributed by atoms with Crippen molar-refractivity contribution in [1.82, 2.24) is 20.1 Å². The van der Waals surface area contributed by atoms with Gasteiger partial charge in [0, 0.05) is 29.5 Å². The third-order valence-electron chi connectivity index (χ3n) is 4.74. The average molecular weight is 415 g/mol. The summed E-state index contributed by atoms with van der Waals surface area (Å²) in [6, 6.07) is 17.6. The topological polar surface area (TPSA) is 98.1 Å². The fraction of sp³-hybridized carbons (Fsp3) is 0.130. The maximum absolute atomic E-state index is 12.9. The molecule has 156 valence electrons. The van der Waals surface area contributed by atoms with E-state index < -0.39 is 0 Å². The molecule has 8 nitrogen and oxygen atoms in total. The molecule has 0 spiro atoms. The molecular formula is C23H21N5O3. The maximum Gasteiger partial charge on any atom is 0.319 e. The van der Waals surface area contributed by atoms with Gasteiger partial charge in [-0.25, -0.2) is 9.48 Å². The van der Waals surface area contributed by atoms with Gasteiger partial charge in [-0.3, -0.25) is 9.78 Å². The van der Waals surface area contributed by atoms with E-state index in [1.807, 2.05) is 30.3 Å². The molecule has 0 radical (unpaired) electrons. The Kier molecular flexibility index (Phi) is 5.89. The van der Waals surface area contributed by atoms with Crippen molar-refractivity contribution in [3.63, 3.8) is 0 Å². The van der Waals surface area contributed by atoms with Gasteiger partial charge in [0.05, 0.1) is 31.3 Å². The molecular weight excluding hydrogens is 394 g/mol. The number of nitrogens with zero attached hydrogens (tertiary/aromatic N) is 3. The highest BCUT2D eigenvalue weighted by Crippen LogP contribution is 2.17. The van der Waals surface area contributed by atoms with Gasteiger partial charge >= 0.3 is 6.03 Å². The van der Waals surface area contributed by atoms with Crippen molar-refractivity contribution in [3.05, 3.63) is 94.7 Å². The second-order valence-corrected chi connectivity index (χ2v) is 6.86. The van der Waals surface area contributed by atoms with E-state index in [9.17, 15) is 9.59 Å².